The first-order chi connectivity index (χ1) is 21.1. The van der Waals surface area contributed by atoms with Gasteiger partial charge in [-0.3, -0.25) is 9.59 Å². The minimum absolute atomic E-state index is 0.0151. The van der Waals surface area contributed by atoms with Crippen molar-refractivity contribution in [3.05, 3.63) is 87.8 Å². The number of carbonyl (C=O) groups is 2. The first-order valence-corrected chi connectivity index (χ1v) is 15.8. The van der Waals surface area contributed by atoms with Crippen molar-refractivity contribution >= 4 is 40.7 Å². The summed E-state index contributed by atoms with van der Waals surface area (Å²) in [7, 11) is -0.210. The second-order valence-electron chi connectivity index (χ2n) is 9.87. The van der Waals surface area contributed by atoms with Gasteiger partial charge in [0.25, 0.3) is 0 Å². The van der Waals surface area contributed by atoms with Crippen molar-refractivity contribution in [3.63, 3.8) is 0 Å². The molecule has 244 valence electrons. The zero-order valence-electron chi connectivity index (χ0n) is 26.7. The molecular weight excluding hydrogens is 627 g/mol. The Labute approximate surface area is 272 Å². The van der Waals surface area contributed by atoms with Crippen LogP contribution >= 0.6 is 15.9 Å². The average molecular weight is 677 g/mol. The number of unbranched alkanes of at least 4 members (excludes halogenated alkanes) is 2. The largest absolute Gasteiger partial charge is 0.485 e. The Morgan fingerprint density at radius 3 is 1.82 bits per heavy atom. The lowest BCUT2D eigenvalue weighted by molar-refractivity contribution is -0.0589. The van der Waals surface area contributed by atoms with Gasteiger partial charge in [-0.1, -0.05) is 85.5 Å². The molecule has 0 spiro atoms. The lowest BCUT2D eigenvalue weighted by Gasteiger charge is -2.10. The fourth-order valence-corrected chi connectivity index (χ4v) is 3.98. The van der Waals surface area contributed by atoms with Crippen LogP contribution in [0.5, 0.6) is 0 Å². The van der Waals surface area contributed by atoms with E-state index in [0.717, 1.165) is 79.5 Å². The summed E-state index contributed by atoms with van der Waals surface area (Å²) in [4.78, 5) is 21.9. The molecule has 1 aliphatic heterocycles. The van der Waals surface area contributed by atoms with Crippen molar-refractivity contribution in [2.24, 2.45) is 0 Å². The van der Waals surface area contributed by atoms with Crippen LogP contribution in [0.4, 0.5) is 0 Å². The molecule has 8 nitrogen and oxygen atoms in total. The second-order valence-corrected chi connectivity index (χ2v) is 10.7. The molecule has 3 rings (SSSR count). The first kappa shape index (κ1) is 41.6. The number of hydrogen-bond donors (Lipinski definition) is 3. The lowest BCUT2D eigenvalue weighted by atomic mass is 9.91. The third kappa shape index (κ3) is 18.4. The van der Waals surface area contributed by atoms with Gasteiger partial charge in [0.2, 0.25) is 0 Å². The molecule has 1 atom stereocenters. The second kappa shape index (κ2) is 25.8. The summed E-state index contributed by atoms with van der Waals surface area (Å²) in [6.45, 7) is 16.8. The topological polar surface area (TPSA) is 123 Å². The van der Waals surface area contributed by atoms with Crippen LogP contribution in [-0.2, 0) is 27.3 Å². The number of halogens is 1. The van der Waals surface area contributed by atoms with Crippen molar-refractivity contribution < 1.29 is 39.0 Å². The van der Waals surface area contributed by atoms with E-state index >= 15 is 0 Å². The number of carbonyl (C=O) groups excluding carboxylic acids is 2. The molecular formula is C34H50BBrO8. The van der Waals surface area contributed by atoms with E-state index in [0.29, 0.717) is 11.1 Å². The fraction of sp³-hybridized carbons (Fsp3) is 0.471. The van der Waals surface area contributed by atoms with E-state index < -0.39 is 6.29 Å². The molecule has 0 bridgehead atoms. The molecule has 44 heavy (non-hydrogen) atoms. The van der Waals surface area contributed by atoms with Gasteiger partial charge in [0.15, 0.2) is 17.9 Å². The molecule has 0 amide bonds. The molecule has 1 fully saturated rings. The van der Waals surface area contributed by atoms with E-state index in [9.17, 15) is 9.59 Å². The van der Waals surface area contributed by atoms with Gasteiger partial charge in [0, 0.05) is 41.8 Å². The predicted molar refractivity (Wildman–Crippen MR) is 181 cm³/mol. The Morgan fingerprint density at radius 1 is 0.955 bits per heavy atom. The monoisotopic (exact) mass is 676 g/mol. The molecule has 0 saturated carbocycles. The van der Waals surface area contributed by atoms with Crippen LogP contribution < -0.4 is 0 Å². The normalized spacial score (nSPS) is 13.2. The van der Waals surface area contributed by atoms with Crippen molar-refractivity contribution in [2.45, 2.75) is 85.7 Å². The number of aliphatic hydroxyl groups excluding tert-OH is 3. The smallest absolute Gasteiger partial charge is 0.408 e. The number of hydrogen-bond acceptors (Lipinski definition) is 8. The highest BCUT2D eigenvalue weighted by atomic mass is 79.9. The van der Waals surface area contributed by atoms with Crippen LogP contribution in [0.3, 0.4) is 0 Å². The maximum Gasteiger partial charge on any atom is 0.485 e. The van der Waals surface area contributed by atoms with E-state index in [-0.39, 0.29) is 31.9 Å². The summed E-state index contributed by atoms with van der Waals surface area (Å²) in [5.74, 6) is 1.76. The van der Waals surface area contributed by atoms with Gasteiger partial charge in [-0.2, -0.15) is 0 Å². The number of aliphatic hydroxyl groups is 3. The lowest BCUT2D eigenvalue weighted by Crippen LogP contribution is -2.21. The Balaban J connectivity index is 0.000000576. The highest BCUT2D eigenvalue weighted by Crippen LogP contribution is 2.19. The molecule has 1 heterocycles. The molecule has 0 radical (unpaired) electrons. The SMILES string of the molecule is C=CB(OCCCC)OCCCC.C=Cc1cc(C(C)=O)ccc1CO.CC(=O)c1ccc(CO)c(Br)c1.OC1CCCO1. The maximum absolute atomic E-state index is 11.0. The van der Waals surface area contributed by atoms with Crippen molar-refractivity contribution in [1.29, 1.82) is 0 Å². The van der Waals surface area contributed by atoms with Crippen LogP contribution in [0, 0.1) is 0 Å². The van der Waals surface area contributed by atoms with Gasteiger partial charge in [0.05, 0.1) is 13.2 Å². The fourth-order valence-electron chi connectivity index (χ4n) is 3.47. The zero-order chi connectivity index (χ0) is 33.3. The Bertz CT molecular complexity index is 1110. The Hall–Kier alpha value is -2.44. The van der Waals surface area contributed by atoms with Crippen LogP contribution in [0.1, 0.15) is 104 Å². The van der Waals surface area contributed by atoms with E-state index in [1.165, 1.54) is 13.8 Å². The minimum atomic E-state index is -0.454. The molecule has 2 aromatic rings. The first-order valence-electron chi connectivity index (χ1n) is 15.0. The van der Waals surface area contributed by atoms with Crippen LogP contribution in [0.2, 0.25) is 0 Å². The Kier molecular flexibility index (Phi) is 24.4. The van der Waals surface area contributed by atoms with Crippen LogP contribution in [0.25, 0.3) is 6.08 Å². The van der Waals surface area contributed by atoms with Gasteiger partial charge in [-0.05, 0) is 61.9 Å². The number of benzene rings is 2. The van der Waals surface area contributed by atoms with E-state index in [2.05, 4.69) is 42.9 Å². The van der Waals surface area contributed by atoms with Gasteiger partial charge in [-0.25, -0.2) is 0 Å². The molecule has 10 heteroatoms. The molecule has 0 aromatic heterocycles. The molecule has 2 aromatic carbocycles. The number of ether oxygens (including phenoxy) is 1. The third-order valence-electron chi connectivity index (χ3n) is 6.23. The van der Waals surface area contributed by atoms with Gasteiger partial charge >= 0.3 is 7.12 Å². The summed E-state index contributed by atoms with van der Waals surface area (Å²) < 4.78 is 16.4. The minimum Gasteiger partial charge on any atom is -0.408 e. The zero-order valence-corrected chi connectivity index (χ0v) is 28.3. The van der Waals surface area contributed by atoms with Gasteiger partial charge in [-0.15, -0.1) is 6.58 Å². The molecule has 1 unspecified atom stereocenters. The van der Waals surface area contributed by atoms with Crippen molar-refractivity contribution in [2.75, 3.05) is 19.8 Å². The maximum atomic E-state index is 11.0. The number of rotatable bonds is 14. The van der Waals surface area contributed by atoms with E-state index in [1.807, 2.05) is 0 Å². The van der Waals surface area contributed by atoms with E-state index in [1.54, 1.807) is 48.4 Å². The summed E-state index contributed by atoms with van der Waals surface area (Å²) in [6.07, 6.45) is 7.49. The van der Waals surface area contributed by atoms with Gasteiger partial charge in [0.1, 0.15) is 0 Å². The molecule has 0 aliphatic carbocycles. The Morgan fingerprint density at radius 2 is 1.48 bits per heavy atom. The summed E-state index contributed by atoms with van der Waals surface area (Å²) >= 11 is 3.26. The highest BCUT2D eigenvalue weighted by molar-refractivity contribution is 9.10. The van der Waals surface area contributed by atoms with Crippen LogP contribution in [0.15, 0.2) is 60.0 Å². The van der Waals surface area contributed by atoms with Crippen LogP contribution in [-0.4, -0.2) is 60.1 Å². The quantitative estimate of drug-likeness (QED) is 0.110. The van der Waals surface area contributed by atoms with E-state index in [4.69, 9.17) is 29.4 Å². The standard InChI is InChI=1S/C11H12O2.C10H21BO2.C9H9BrO2.C4H8O2/c1-3-9-6-10(8(2)13)4-5-11(9)7-12;1-4-7-9-12-11(6-3)13-10-8-5-2;1-6(12)7-2-3-8(5-11)9(10)4-7;5-4-2-1-3-6-4/h3-6,12H,1,7H2,2H3;6H,3-5,7-10H2,1-2H3;2-4,11H,5H2,1H3;4-5H,1-3H2. The summed E-state index contributed by atoms with van der Waals surface area (Å²) in [6, 6.07) is 10.4. The van der Waals surface area contributed by atoms with Gasteiger partial charge < -0.3 is 29.4 Å². The molecule has 1 aliphatic rings. The number of ketones is 2. The van der Waals surface area contributed by atoms with Crippen molar-refractivity contribution in [1.82, 2.24) is 0 Å². The average Bonchev–Trinajstić information content (AvgIpc) is 3.51. The predicted octanol–water partition coefficient (Wildman–Crippen LogP) is 7.12. The third-order valence-corrected chi connectivity index (χ3v) is 6.97. The molecule has 1 saturated heterocycles. The number of Topliss-reactive ketones (excluding diaryl/α,β-unsaturated/α-hetero) is 2. The van der Waals surface area contributed by atoms with Crippen molar-refractivity contribution in [3.8, 4) is 0 Å². The molecule has 3 N–H and O–H groups in total. The summed E-state index contributed by atoms with van der Waals surface area (Å²) in [5, 5.41) is 26.3. The summed E-state index contributed by atoms with van der Waals surface area (Å²) in [5.41, 5.74) is 3.70. The highest BCUT2D eigenvalue weighted by Gasteiger charge is 2.12.